The molecule has 0 unspecified atom stereocenters. The molecule has 2 aliphatic rings. The van der Waals surface area contributed by atoms with Gasteiger partial charge in [0.05, 0.1) is 12.0 Å². The lowest BCUT2D eigenvalue weighted by molar-refractivity contribution is -0.122. The number of nitrogens with zero attached hydrogens (tertiary/aromatic N) is 2. The summed E-state index contributed by atoms with van der Waals surface area (Å²) in [5.41, 5.74) is 2.16. The minimum atomic E-state index is -3.41. The van der Waals surface area contributed by atoms with Crippen molar-refractivity contribution in [1.29, 1.82) is 0 Å². The van der Waals surface area contributed by atoms with Gasteiger partial charge in [0.1, 0.15) is 5.75 Å². The molecule has 2 fully saturated rings. The monoisotopic (exact) mass is 499 g/mol. The average Bonchev–Trinajstić information content (AvgIpc) is 2.90. The summed E-state index contributed by atoms with van der Waals surface area (Å²) in [4.78, 5) is 15.3. The lowest BCUT2D eigenvalue weighted by atomic mass is 10.0. The van der Waals surface area contributed by atoms with Crippen LogP contribution in [0.2, 0.25) is 0 Å². The number of piperidine rings is 2. The van der Waals surface area contributed by atoms with Crippen molar-refractivity contribution >= 4 is 15.9 Å². The van der Waals surface area contributed by atoms with Crippen LogP contribution in [0.3, 0.4) is 0 Å². The molecule has 0 aliphatic carbocycles. The molecule has 1 N–H and O–H groups in total. The number of amides is 1. The van der Waals surface area contributed by atoms with E-state index < -0.39 is 10.0 Å². The number of rotatable bonds is 9. The Morgan fingerprint density at radius 2 is 1.66 bits per heavy atom. The number of methoxy groups -OCH3 is 1. The van der Waals surface area contributed by atoms with E-state index in [9.17, 15) is 13.2 Å². The molecule has 0 saturated carbocycles. The van der Waals surface area contributed by atoms with Gasteiger partial charge >= 0.3 is 0 Å². The summed E-state index contributed by atoms with van der Waals surface area (Å²) >= 11 is 0. The summed E-state index contributed by atoms with van der Waals surface area (Å²) in [7, 11) is -1.71. The first kappa shape index (κ1) is 25.7. The molecule has 2 aliphatic heterocycles. The molecule has 2 saturated heterocycles. The van der Waals surface area contributed by atoms with E-state index in [4.69, 9.17) is 4.74 Å². The number of carbonyl (C=O) groups is 1. The maximum Gasteiger partial charge on any atom is 0.243 e. The van der Waals surface area contributed by atoms with E-state index >= 15 is 0 Å². The van der Waals surface area contributed by atoms with Crippen molar-refractivity contribution in [3.05, 3.63) is 59.7 Å². The SMILES string of the molecule is COc1ccccc1CN1CCC(NC(=O)CCc2ccc(S(=O)(=O)N3CCCCC3)cc2)CC1. The summed E-state index contributed by atoms with van der Waals surface area (Å²) in [6, 6.07) is 15.3. The first-order valence-corrected chi connectivity index (χ1v) is 14.1. The van der Waals surface area contributed by atoms with Crippen LogP contribution in [-0.2, 0) is 27.8 Å². The summed E-state index contributed by atoms with van der Waals surface area (Å²) in [6.45, 7) is 3.94. The van der Waals surface area contributed by atoms with Gasteiger partial charge in [-0.2, -0.15) is 4.31 Å². The maximum absolute atomic E-state index is 12.8. The Morgan fingerprint density at radius 1 is 0.971 bits per heavy atom. The van der Waals surface area contributed by atoms with Gasteiger partial charge in [0.25, 0.3) is 0 Å². The van der Waals surface area contributed by atoms with Crippen LogP contribution < -0.4 is 10.1 Å². The highest BCUT2D eigenvalue weighted by molar-refractivity contribution is 7.89. The van der Waals surface area contributed by atoms with E-state index in [-0.39, 0.29) is 11.9 Å². The Hall–Kier alpha value is -2.42. The Bertz CT molecular complexity index is 1070. The molecule has 4 rings (SSSR count). The number of ether oxygens (including phenoxy) is 1. The highest BCUT2D eigenvalue weighted by Crippen LogP contribution is 2.23. The largest absolute Gasteiger partial charge is 0.496 e. The Labute approximate surface area is 209 Å². The zero-order valence-electron chi connectivity index (χ0n) is 20.6. The van der Waals surface area contributed by atoms with Gasteiger partial charge in [-0.1, -0.05) is 36.8 Å². The summed E-state index contributed by atoms with van der Waals surface area (Å²) < 4.78 is 32.6. The Morgan fingerprint density at radius 3 is 2.34 bits per heavy atom. The first-order chi connectivity index (χ1) is 17.0. The van der Waals surface area contributed by atoms with Crippen molar-refractivity contribution in [3.8, 4) is 5.75 Å². The van der Waals surface area contributed by atoms with Crippen LogP contribution in [0.15, 0.2) is 53.4 Å². The van der Waals surface area contributed by atoms with Crippen LogP contribution >= 0.6 is 0 Å². The summed E-state index contributed by atoms with van der Waals surface area (Å²) in [5.74, 6) is 0.971. The van der Waals surface area contributed by atoms with Gasteiger partial charge in [-0.05, 0) is 55.9 Å². The lowest BCUT2D eigenvalue weighted by Crippen LogP contribution is -2.44. The van der Waals surface area contributed by atoms with Crippen molar-refractivity contribution in [2.75, 3.05) is 33.3 Å². The first-order valence-electron chi connectivity index (χ1n) is 12.7. The molecule has 190 valence electrons. The zero-order valence-corrected chi connectivity index (χ0v) is 21.4. The number of carbonyl (C=O) groups excluding carboxylic acids is 1. The predicted octanol–water partition coefficient (Wildman–Crippen LogP) is 3.58. The molecule has 2 heterocycles. The standard InChI is InChI=1S/C27H37N3O4S/c1-34-26-8-4-3-7-23(26)21-29-19-15-24(16-20-29)28-27(31)14-11-22-9-12-25(13-10-22)35(32,33)30-17-5-2-6-18-30/h3-4,7-10,12-13,24H,2,5-6,11,14-21H2,1H3,(H,28,31). The second-order valence-electron chi connectivity index (χ2n) is 9.54. The maximum atomic E-state index is 12.8. The highest BCUT2D eigenvalue weighted by atomic mass is 32.2. The molecule has 8 heteroatoms. The molecule has 7 nitrogen and oxygen atoms in total. The Kier molecular flexibility index (Phi) is 8.81. The van der Waals surface area contributed by atoms with Gasteiger partial charge in [0.2, 0.25) is 15.9 Å². The molecule has 1 amide bonds. The average molecular weight is 500 g/mol. The molecule has 35 heavy (non-hydrogen) atoms. The van der Waals surface area contributed by atoms with Gasteiger partial charge in [-0.25, -0.2) is 8.42 Å². The minimum Gasteiger partial charge on any atom is -0.496 e. The fourth-order valence-electron chi connectivity index (χ4n) is 4.95. The van der Waals surface area contributed by atoms with Gasteiger partial charge in [0, 0.05) is 50.7 Å². The normalized spacial score (nSPS) is 18.3. The third-order valence-electron chi connectivity index (χ3n) is 7.06. The van der Waals surface area contributed by atoms with Gasteiger partial charge < -0.3 is 10.1 Å². The number of likely N-dealkylation sites (tertiary alicyclic amines) is 1. The molecule has 0 atom stereocenters. The number of sulfonamides is 1. The van der Waals surface area contributed by atoms with Crippen LogP contribution in [0.5, 0.6) is 5.75 Å². The number of hydrogen-bond acceptors (Lipinski definition) is 5. The molecule has 0 aromatic heterocycles. The zero-order chi connectivity index (χ0) is 24.7. The second kappa shape index (κ2) is 12.0. The molecule has 0 bridgehead atoms. The smallest absolute Gasteiger partial charge is 0.243 e. The second-order valence-corrected chi connectivity index (χ2v) is 11.5. The van der Waals surface area contributed by atoms with Crippen LogP contribution in [0.25, 0.3) is 0 Å². The van der Waals surface area contributed by atoms with E-state index in [0.29, 0.717) is 30.8 Å². The number of hydrogen-bond donors (Lipinski definition) is 1. The third-order valence-corrected chi connectivity index (χ3v) is 8.97. The van der Waals surface area contributed by atoms with Gasteiger partial charge in [-0.15, -0.1) is 0 Å². The van der Waals surface area contributed by atoms with E-state index in [0.717, 1.165) is 63.1 Å². The number of benzene rings is 2. The lowest BCUT2D eigenvalue weighted by Gasteiger charge is -2.32. The summed E-state index contributed by atoms with van der Waals surface area (Å²) in [6.07, 6.45) is 5.81. The fourth-order valence-corrected chi connectivity index (χ4v) is 6.47. The van der Waals surface area contributed by atoms with Crippen molar-refractivity contribution in [2.45, 2.75) is 62.4 Å². The molecular formula is C27H37N3O4S. The van der Waals surface area contributed by atoms with E-state index in [1.54, 1.807) is 23.5 Å². The summed E-state index contributed by atoms with van der Waals surface area (Å²) in [5, 5.41) is 3.18. The molecule has 2 aromatic rings. The third kappa shape index (κ3) is 6.84. The van der Waals surface area contributed by atoms with Crippen LogP contribution in [0.1, 0.15) is 49.7 Å². The molecule has 0 spiro atoms. The van der Waals surface area contributed by atoms with Crippen LogP contribution in [0.4, 0.5) is 0 Å². The van der Waals surface area contributed by atoms with Crippen LogP contribution in [-0.4, -0.2) is 62.9 Å². The van der Waals surface area contributed by atoms with Crippen molar-refractivity contribution in [2.24, 2.45) is 0 Å². The molecular weight excluding hydrogens is 462 g/mol. The van der Waals surface area contributed by atoms with Gasteiger partial charge in [0.15, 0.2) is 0 Å². The topological polar surface area (TPSA) is 79.0 Å². The van der Waals surface area contributed by atoms with E-state index in [1.165, 1.54) is 5.56 Å². The van der Waals surface area contributed by atoms with Crippen LogP contribution in [0, 0.1) is 0 Å². The Balaban J connectivity index is 1.20. The van der Waals surface area contributed by atoms with Crippen molar-refractivity contribution in [3.63, 3.8) is 0 Å². The number of para-hydroxylation sites is 1. The minimum absolute atomic E-state index is 0.0539. The quantitative estimate of drug-likeness (QED) is 0.571. The number of aryl methyl sites for hydroxylation is 1. The molecule has 2 aromatic carbocycles. The highest BCUT2D eigenvalue weighted by Gasteiger charge is 2.26. The van der Waals surface area contributed by atoms with Crippen molar-refractivity contribution < 1.29 is 17.9 Å². The van der Waals surface area contributed by atoms with E-state index in [2.05, 4.69) is 16.3 Å². The fraction of sp³-hybridized carbons (Fsp3) is 0.519. The predicted molar refractivity (Wildman–Crippen MR) is 137 cm³/mol. The van der Waals surface area contributed by atoms with Crippen molar-refractivity contribution in [1.82, 2.24) is 14.5 Å². The molecule has 0 radical (unpaired) electrons. The van der Waals surface area contributed by atoms with E-state index in [1.807, 2.05) is 30.3 Å². The van der Waals surface area contributed by atoms with Gasteiger partial charge in [-0.3, -0.25) is 9.69 Å². The number of nitrogens with one attached hydrogen (secondary N) is 1.